The van der Waals surface area contributed by atoms with Crippen molar-refractivity contribution in [2.45, 2.75) is 30.3 Å². The third-order valence-corrected chi connectivity index (χ3v) is 6.09. The van der Waals surface area contributed by atoms with Crippen LogP contribution in [0.25, 0.3) is 0 Å². The lowest BCUT2D eigenvalue weighted by Crippen LogP contribution is -2.35. The van der Waals surface area contributed by atoms with Gasteiger partial charge in [-0.3, -0.25) is 4.79 Å². The van der Waals surface area contributed by atoms with Gasteiger partial charge in [0.05, 0.1) is 11.8 Å². The Morgan fingerprint density at radius 1 is 1.32 bits per heavy atom. The summed E-state index contributed by atoms with van der Waals surface area (Å²) in [6.45, 7) is 3.28. The van der Waals surface area contributed by atoms with Crippen LogP contribution in [0.3, 0.4) is 0 Å². The molecule has 3 heterocycles. The molecule has 0 fully saturated rings. The van der Waals surface area contributed by atoms with Crippen LogP contribution in [0, 0.1) is 0 Å². The van der Waals surface area contributed by atoms with E-state index in [1.165, 1.54) is 22.2 Å². The highest BCUT2D eigenvalue weighted by Gasteiger charge is 2.29. The highest BCUT2D eigenvalue weighted by atomic mass is 32.2. The van der Waals surface area contributed by atoms with Crippen molar-refractivity contribution in [2.75, 3.05) is 11.4 Å². The van der Waals surface area contributed by atoms with Crippen molar-refractivity contribution in [1.82, 2.24) is 20.2 Å². The second-order valence-electron chi connectivity index (χ2n) is 5.83. The van der Waals surface area contributed by atoms with Crippen molar-refractivity contribution in [3.63, 3.8) is 0 Å². The molecule has 0 saturated carbocycles. The van der Waals surface area contributed by atoms with Gasteiger partial charge in [0.2, 0.25) is 11.1 Å². The van der Waals surface area contributed by atoms with Gasteiger partial charge < -0.3 is 4.90 Å². The zero-order valence-electron chi connectivity index (χ0n) is 13.7. The van der Waals surface area contributed by atoms with Gasteiger partial charge in [0.25, 0.3) is 0 Å². The Kier molecular flexibility index (Phi) is 4.54. The van der Waals surface area contributed by atoms with Crippen LogP contribution in [0.1, 0.15) is 17.4 Å². The van der Waals surface area contributed by atoms with Crippen molar-refractivity contribution >= 4 is 34.7 Å². The highest BCUT2D eigenvalue weighted by Crippen LogP contribution is 2.31. The van der Waals surface area contributed by atoms with E-state index >= 15 is 0 Å². The molecule has 1 amide bonds. The maximum atomic E-state index is 12.9. The van der Waals surface area contributed by atoms with Crippen LogP contribution in [0.4, 0.5) is 5.69 Å². The summed E-state index contributed by atoms with van der Waals surface area (Å²) in [4.78, 5) is 15.9. The minimum atomic E-state index is -0.251. The molecule has 1 aliphatic rings. The topological polar surface area (TPSA) is 63.9 Å². The number of carbonyl (C=O) groups excluding carboxylic acids is 1. The van der Waals surface area contributed by atoms with Gasteiger partial charge >= 0.3 is 0 Å². The average Bonchev–Trinajstić information content (AvgIpc) is 3.36. The normalized spacial score (nSPS) is 14.5. The van der Waals surface area contributed by atoms with Crippen LogP contribution >= 0.6 is 23.1 Å². The fourth-order valence-corrected chi connectivity index (χ4v) is 4.46. The second-order valence-corrected chi connectivity index (χ2v) is 8.17. The lowest BCUT2D eigenvalue weighted by molar-refractivity contribution is -0.117. The molecule has 0 radical (unpaired) electrons. The predicted molar refractivity (Wildman–Crippen MR) is 99.1 cm³/mol. The van der Waals surface area contributed by atoms with Gasteiger partial charge in [0, 0.05) is 17.1 Å². The molecule has 1 atom stereocenters. The zero-order valence-corrected chi connectivity index (χ0v) is 15.3. The summed E-state index contributed by atoms with van der Waals surface area (Å²) in [5.74, 6) is 0.0978. The number of thioether (sulfide) groups is 1. The monoisotopic (exact) mass is 371 g/mol. The number of para-hydroxylation sites is 1. The van der Waals surface area contributed by atoms with Crippen molar-refractivity contribution in [2.24, 2.45) is 0 Å². The van der Waals surface area contributed by atoms with Gasteiger partial charge in [-0.25, -0.2) is 4.68 Å². The SMILES string of the molecule is C[C@H](Sc1nnnn1Cc1cccs1)C(=O)N1CCc2ccccc21. The number of tetrazole rings is 1. The third-order valence-electron chi connectivity index (χ3n) is 4.17. The molecule has 0 unspecified atom stereocenters. The summed E-state index contributed by atoms with van der Waals surface area (Å²) in [6.07, 6.45) is 0.912. The molecule has 0 N–H and O–H groups in total. The van der Waals surface area contributed by atoms with E-state index < -0.39 is 0 Å². The van der Waals surface area contributed by atoms with Crippen LogP contribution in [0.5, 0.6) is 0 Å². The fraction of sp³-hybridized carbons (Fsp3) is 0.294. The number of thiophene rings is 1. The molecule has 4 rings (SSSR count). The van der Waals surface area contributed by atoms with Crippen LogP contribution < -0.4 is 4.90 Å². The number of benzene rings is 1. The third kappa shape index (κ3) is 3.32. The highest BCUT2D eigenvalue weighted by molar-refractivity contribution is 8.00. The maximum absolute atomic E-state index is 12.9. The van der Waals surface area contributed by atoms with Crippen LogP contribution in [0.15, 0.2) is 46.9 Å². The minimum Gasteiger partial charge on any atom is -0.311 e. The first-order chi connectivity index (χ1) is 12.2. The summed E-state index contributed by atoms with van der Waals surface area (Å²) in [6, 6.07) is 12.2. The smallest absolute Gasteiger partial charge is 0.240 e. The van der Waals surface area contributed by atoms with E-state index in [1.807, 2.05) is 41.5 Å². The number of aromatic nitrogens is 4. The van der Waals surface area contributed by atoms with Crippen molar-refractivity contribution in [1.29, 1.82) is 0 Å². The van der Waals surface area contributed by atoms with Gasteiger partial charge in [0.15, 0.2) is 0 Å². The number of nitrogens with zero attached hydrogens (tertiary/aromatic N) is 5. The number of fused-ring (bicyclic) bond motifs is 1. The molecule has 25 heavy (non-hydrogen) atoms. The summed E-state index contributed by atoms with van der Waals surface area (Å²) in [5, 5.41) is 14.4. The van der Waals surface area contributed by atoms with Crippen molar-refractivity contribution in [3.05, 3.63) is 52.2 Å². The summed E-state index contributed by atoms with van der Waals surface area (Å²) in [5.41, 5.74) is 2.26. The van der Waals surface area contributed by atoms with Crippen molar-refractivity contribution < 1.29 is 4.79 Å². The van der Waals surface area contributed by atoms with Gasteiger partial charge in [-0.05, 0) is 46.8 Å². The quantitative estimate of drug-likeness (QED) is 0.645. The number of hydrogen-bond donors (Lipinski definition) is 0. The molecule has 0 bridgehead atoms. The standard InChI is InChI=1S/C17H17N5OS2/c1-12(16(23)21-9-8-13-5-2-3-7-15(13)21)25-17-18-19-20-22(17)11-14-6-4-10-24-14/h2-7,10,12H,8-9,11H2,1H3/t12-/m0/s1. The molecule has 3 aromatic rings. The van der Waals surface area contributed by atoms with Gasteiger partial charge in [-0.1, -0.05) is 36.0 Å². The maximum Gasteiger partial charge on any atom is 0.240 e. The molecule has 128 valence electrons. The molecular weight excluding hydrogens is 354 g/mol. The van der Waals surface area contributed by atoms with Crippen molar-refractivity contribution in [3.8, 4) is 0 Å². The molecule has 1 aromatic carbocycles. The first-order valence-corrected chi connectivity index (χ1v) is 9.83. The molecule has 1 aliphatic heterocycles. The van der Waals surface area contributed by atoms with Gasteiger partial charge in [-0.15, -0.1) is 16.4 Å². The van der Waals surface area contributed by atoms with Crippen LogP contribution in [-0.4, -0.2) is 37.9 Å². The Labute approximate surface area is 153 Å². The molecule has 8 heteroatoms. The summed E-state index contributed by atoms with van der Waals surface area (Å²) in [7, 11) is 0. The summed E-state index contributed by atoms with van der Waals surface area (Å²) < 4.78 is 1.75. The Bertz CT molecular complexity index is 877. The van der Waals surface area contributed by atoms with E-state index in [1.54, 1.807) is 16.0 Å². The lowest BCUT2D eigenvalue weighted by atomic mass is 10.2. The largest absolute Gasteiger partial charge is 0.311 e. The van der Waals surface area contributed by atoms with Gasteiger partial charge in [0.1, 0.15) is 0 Å². The molecule has 0 aliphatic carbocycles. The molecule has 0 saturated heterocycles. The first kappa shape index (κ1) is 16.3. The Morgan fingerprint density at radius 3 is 3.04 bits per heavy atom. The number of amides is 1. The lowest BCUT2D eigenvalue weighted by Gasteiger charge is -2.21. The number of anilines is 1. The number of rotatable bonds is 5. The Hall–Kier alpha value is -2.19. The Balaban J connectivity index is 1.47. The predicted octanol–water partition coefficient (Wildman–Crippen LogP) is 2.85. The number of carbonyl (C=O) groups is 1. The van der Waals surface area contributed by atoms with E-state index in [2.05, 4.69) is 27.7 Å². The van der Waals surface area contributed by atoms with E-state index in [4.69, 9.17) is 0 Å². The van der Waals surface area contributed by atoms with Gasteiger partial charge in [-0.2, -0.15) is 0 Å². The first-order valence-electron chi connectivity index (χ1n) is 8.07. The average molecular weight is 371 g/mol. The number of hydrogen-bond acceptors (Lipinski definition) is 6. The van der Waals surface area contributed by atoms with E-state index in [0.29, 0.717) is 11.7 Å². The van der Waals surface area contributed by atoms with Crippen LogP contribution in [-0.2, 0) is 17.8 Å². The molecule has 2 aromatic heterocycles. The molecular formula is C17H17N5OS2. The van der Waals surface area contributed by atoms with Crippen LogP contribution in [0.2, 0.25) is 0 Å². The fourth-order valence-electron chi connectivity index (χ4n) is 2.93. The Morgan fingerprint density at radius 2 is 2.20 bits per heavy atom. The zero-order chi connectivity index (χ0) is 17.2. The molecule has 0 spiro atoms. The summed E-state index contributed by atoms with van der Waals surface area (Å²) >= 11 is 3.08. The minimum absolute atomic E-state index is 0.0978. The van der Waals surface area contributed by atoms with E-state index in [-0.39, 0.29) is 11.2 Å². The van der Waals surface area contributed by atoms with E-state index in [0.717, 1.165) is 18.7 Å². The second kappa shape index (κ2) is 6.97. The molecule has 6 nitrogen and oxygen atoms in total. The van der Waals surface area contributed by atoms with E-state index in [9.17, 15) is 4.79 Å².